The molecule has 28 heavy (non-hydrogen) atoms. The van der Waals surface area contributed by atoms with Crippen molar-refractivity contribution in [3.8, 4) is 11.3 Å². The molecule has 2 N–H and O–H groups in total. The molecule has 0 bridgehead atoms. The van der Waals surface area contributed by atoms with Crippen LogP contribution in [0.4, 0.5) is 4.39 Å². The van der Waals surface area contributed by atoms with Gasteiger partial charge in [-0.2, -0.15) is 5.10 Å². The van der Waals surface area contributed by atoms with Crippen LogP contribution in [0.5, 0.6) is 0 Å². The minimum absolute atomic E-state index is 0.0792. The van der Waals surface area contributed by atoms with Gasteiger partial charge < -0.3 is 10.6 Å². The van der Waals surface area contributed by atoms with Gasteiger partial charge >= 0.3 is 0 Å². The van der Waals surface area contributed by atoms with Gasteiger partial charge in [0.25, 0.3) is 5.91 Å². The zero-order chi connectivity index (χ0) is 19.8. The molecule has 0 spiro atoms. The van der Waals surface area contributed by atoms with E-state index in [1.54, 1.807) is 34.0 Å². The molecule has 1 aliphatic heterocycles. The number of hydrogen-bond acceptors (Lipinski definition) is 3. The van der Waals surface area contributed by atoms with Crippen molar-refractivity contribution < 1.29 is 9.18 Å². The Morgan fingerprint density at radius 3 is 2.75 bits per heavy atom. The molecule has 4 rings (SSSR count). The first kappa shape index (κ1) is 18.7. The largest absolute Gasteiger partial charge is 0.330 e. The molecule has 5 nitrogen and oxygen atoms in total. The molecule has 0 fully saturated rings. The number of nitrogens with two attached hydrogens (primary N) is 1. The lowest BCUT2D eigenvalue weighted by atomic mass is 10.0. The van der Waals surface area contributed by atoms with Crippen LogP contribution in [0.3, 0.4) is 0 Å². The van der Waals surface area contributed by atoms with Crippen molar-refractivity contribution in [3.63, 3.8) is 0 Å². The molecule has 144 valence electrons. The predicted octanol–water partition coefficient (Wildman–Crippen LogP) is 3.41. The van der Waals surface area contributed by atoms with Crippen LogP contribution in [0.1, 0.15) is 21.5 Å². The third-order valence-electron chi connectivity index (χ3n) is 5.23. The molecule has 0 aliphatic carbocycles. The number of carbonyl (C=O) groups excluding carboxylic acids is 1. The quantitative estimate of drug-likeness (QED) is 0.716. The third-order valence-corrected chi connectivity index (χ3v) is 5.51. The summed E-state index contributed by atoms with van der Waals surface area (Å²) in [6.07, 6.45) is 1.98. The van der Waals surface area contributed by atoms with Crippen molar-refractivity contribution in [1.82, 2.24) is 14.7 Å². The number of rotatable bonds is 5. The second-order valence-electron chi connectivity index (χ2n) is 6.95. The van der Waals surface area contributed by atoms with Crippen molar-refractivity contribution in [1.29, 1.82) is 0 Å². The zero-order valence-electron chi connectivity index (χ0n) is 15.4. The summed E-state index contributed by atoms with van der Waals surface area (Å²) < 4.78 is 15.8. The van der Waals surface area contributed by atoms with Gasteiger partial charge in [-0.15, -0.1) is 0 Å². The summed E-state index contributed by atoms with van der Waals surface area (Å²) in [6, 6.07) is 12.0. The fraction of sp³-hybridized carbons (Fsp3) is 0.238. The van der Waals surface area contributed by atoms with Crippen LogP contribution in [-0.2, 0) is 20.0 Å². The average molecular weight is 399 g/mol. The molecule has 1 amide bonds. The summed E-state index contributed by atoms with van der Waals surface area (Å²) in [5.41, 5.74) is 9.77. The highest BCUT2D eigenvalue weighted by Crippen LogP contribution is 2.33. The van der Waals surface area contributed by atoms with E-state index in [-0.39, 0.29) is 24.3 Å². The average Bonchev–Trinajstić information content (AvgIpc) is 3.20. The molecule has 0 saturated carbocycles. The predicted molar refractivity (Wildman–Crippen MR) is 106 cm³/mol. The first-order valence-electron chi connectivity index (χ1n) is 9.05. The first-order valence-corrected chi connectivity index (χ1v) is 9.42. The molecule has 1 atom stereocenters. The van der Waals surface area contributed by atoms with Crippen LogP contribution < -0.4 is 5.73 Å². The van der Waals surface area contributed by atoms with Gasteiger partial charge in [0.05, 0.1) is 16.9 Å². The molecule has 1 aromatic heterocycles. The number of amides is 1. The highest BCUT2D eigenvalue weighted by molar-refractivity contribution is 6.33. The first-order chi connectivity index (χ1) is 13.5. The lowest BCUT2D eigenvalue weighted by molar-refractivity contribution is 0.0707. The van der Waals surface area contributed by atoms with E-state index in [9.17, 15) is 9.18 Å². The normalized spacial score (nSPS) is 14.4. The topological polar surface area (TPSA) is 64.2 Å². The summed E-state index contributed by atoms with van der Waals surface area (Å²) in [5, 5.41) is 4.73. The van der Waals surface area contributed by atoms with E-state index >= 15 is 0 Å². The maximum absolute atomic E-state index is 14.1. The lowest BCUT2D eigenvalue weighted by Crippen LogP contribution is -2.42. The van der Waals surface area contributed by atoms with Gasteiger partial charge in [-0.1, -0.05) is 35.9 Å². The molecule has 7 heteroatoms. The van der Waals surface area contributed by atoms with Crippen LogP contribution in [0, 0.1) is 5.82 Å². The maximum atomic E-state index is 14.1. The maximum Gasteiger partial charge on any atom is 0.254 e. The van der Waals surface area contributed by atoms with Gasteiger partial charge in [-0.05, 0) is 35.7 Å². The lowest BCUT2D eigenvalue weighted by Gasteiger charge is -2.27. The summed E-state index contributed by atoms with van der Waals surface area (Å²) in [5.74, 6) is -0.359. The smallest absolute Gasteiger partial charge is 0.254 e. The molecule has 3 aromatic rings. The van der Waals surface area contributed by atoms with E-state index in [1.165, 1.54) is 6.07 Å². The Labute approximate surface area is 167 Å². The molecule has 2 heterocycles. The Bertz CT molecular complexity index is 1030. The summed E-state index contributed by atoms with van der Waals surface area (Å²) in [4.78, 5) is 14.7. The highest BCUT2D eigenvalue weighted by atomic mass is 35.5. The van der Waals surface area contributed by atoms with Gasteiger partial charge in [0.1, 0.15) is 5.82 Å². The number of halogens is 2. The van der Waals surface area contributed by atoms with Crippen LogP contribution in [-0.4, -0.2) is 33.2 Å². The van der Waals surface area contributed by atoms with E-state index < -0.39 is 0 Å². The second-order valence-corrected chi connectivity index (χ2v) is 7.36. The van der Waals surface area contributed by atoms with E-state index in [1.807, 2.05) is 25.2 Å². The van der Waals surface area contributed by atoms with Crippen LogP contribution in [0.2, 0.25) is 5.02 Å². The number of aromatic nitrogens is 2. The van der Waals surface area contributed by atoms with Crippen LogP contribution in [0.15, 0.2) is 48.7 Å². The van der Waals surface area contributed by atoms with Crippen molar-refractivity contribution >= 4 is 17.5 Å². The van der Waals surface area contributed by atoms with Crippen LogP contribution >= 0.6 is 11.6 Å². The zero-order valence-corrected chi connectivity index (χ0v) is 16.2. The summed E-state index contributed by atoms with van der Waals surface area (Å²) >= 11 is 6.25. The van der Waals surface area contributed by atoms with Gasteiger partial charge in [0, 0.05) is 37.3 Å². The molecule has 1 aliphatic rings. The number of benzene rings is 2. The molecule has 0 radical (unpaired) electrons. The van der Waals surface area contributed by atoms with E-state index in [0.717, 1.165) is 16.8 Å². The fourth-order valence-corrected chi connectivity index (χ4v) is 4.03. The monoisotopic (exact) mass is 398 g/mol. The van der Waals surface area contributed by atoms with Gasteiger partial charge in [-0.25, -0.2) is 4.39 Å². The van der Waals surface area contributed by atoms with E-state index in [4.69, 9.17) is 17.3 Å². The minimum atomic E-state index is -0.279. The fourth-order valence-electron chi connectivity index (χ4n) is 3.76. The van der Waals surface area contributed by atoms with Crippen molar-refractivity contribution in [3.05, 3.63) is 76.2 Å². The minimum Gasteiger partial charge on any atom is -0.330 e. The second kappa shape index (κ2) is 7.37. The highest BCUT2D eigenvalue weighted by Gasteiger charge is 2.33. The molecular formula is C21H20ClFN4O. The van der Waals surface area contributed by atoms with Crippen LogP contribution in [0.25, 0.3) is 11.3 Å². The SMILES string of the molecule is Cn1ncc(Cl)c1-c1ccc2c(c1)CN(C(CN)Cc1ccccc1F)C2=O. The standard InChI is InChI=1S/C21H20ClFN4O/c1-26-20(18(22)11-25-26)14-6-7-17-15(8-14)12-27(21(17)28)16(10-24)9-13-4-2-3-5-19(13)23/h2-8,11,16H,9-10,12,24H2,1H3. The van der Waals surface area contributed by atoms with Gasteiger partial charge in [0.15, 0.2) is 0 Å². The number of nitrogens with zero attached hydrogens (tertiary/aromatic N) is 3. The molecule has 0 saturated heterocycles. The Morgan fingerprint density at radius 2 is 2.07 bits per heavy atom. The third kappa shape index (κ3) is 3.19. The number of hydrogen-bond donors (Lipinski definition) is 1. The summed E-state index contributed by atoms with van der Waals surface area (Å²) in [7, 11) is 1.82. The van der Waals surface area contributed by atoms with Crippen molar-refractivity contribution in [2.45, 2.75) is 19.0 Å². The molecule has 1 unspecified atom stereocenters. The van der Waals surface area contributed by atoms with Gasteiger partial charge in [-0.3, -0.25) is 9.48 Å². The summed E-state index contributed by atoms with van der Waals surface area (Å²) in [6.45, 7) is 0.697. The Kier molecular flexibility index (Phi) is 4.91. The molecular weight excluding hydrogens is 379 g/mol. The molecule has 2 aromatic carbocycles. The van der Waals surface area contributed by atoms with Gasteiger partial charge in [0.2, 0.25) is 0 Å². The van der Waals surface area contributed by atoms with Crippen molar-refractivity contribution in [2.75, 3.05) is 6.54 Å². The Balaban J connectivity index is 1.62. The number of aryl methyl sites for hydroxylation is 1. The Hall–Kier alpha value is -2.70. The van der Waals surface area contributed by atoms with E-state index in [2.05, 4.69) is 5.10 Å². The van der Waals surface area contributed by atoms with E-state index in [0.29, 0.717) is 29.1 Å². The number of fused-ring (bicyclic) bond motifs is 1. The van der Waals surface area contributed by atoms with Crippen molar-refractivity contribution in [2.24, 2.45) is 12.8 Å². The number of carbonyl (C=O) groups is 1. The Morgan fingerprint density at radius 1 is 1.29 bits per heavy atom.